The summed E-state index contributed by atoms with van der Waals surface area (Å²) in [6.07, 6.45) is 1.46. The third-order valence-electron chi connectivity index (χ3n) is 2.11. The molecule has 0 spiro atoms. The number of hydrogen-bond acceptors (Lipinski definition) is 6. The number of pyridine rings is 1. The Labute approximate surface area is 116 Å². The number of nitrogens with one attached hydrogen (secondary N) is 2. The van der Waals surface area contributed by atoms with Crippen LogP contribution in [0, 0.1) is 11.8 Å². The fraction of sp³-hybridized carbons (Fsp3) is 0.0833. The molecule has 0 bridgehead atoms. The highest BCUT2D eigenvalue weighted by atomic mass is 32.1. The summed E-state index contributed by atoms with van der Waals surface area (Å²) in [5.41, 5.74) is -0.562. The summed E-state index contributed by atoms with van der Waals surface area (Å²) in [7, 11) is 0. The van der Waals surface area contributed by atoms with Gasteiger partial charge >= 0.3 is 0 Å². The number of aromatic hydroxyl groups is 1. The van der Waals surface area contributed by atoms with E-state index in [9.17, 15) is 14.7 Å². The van der Waals surface area contributed by atoms with E-state index in [1.807, 2.05) is 0 Å². The molecule has 0 aliphatic carbocycles. The quantitative estimate of drug-likeness (QED) is 0.587. The lowest BCUT2D eigenvalue weighted by Gasteiger charge is -2.01. The van der Waals surface area contributed by atoms with Crippen molar-refractivity contribution < 1.29 is 15.0 Å². The maximum atomic E-state index is 11.9. The van der Waals surface area contributed by atoms with Crippen LogP contribution in [0.5, 0.6) is 5.88 Å². The Morgan fingerprint density at radius 1 is 1.50 bits per heavy atom. The molecule has 1 amide bonds. The number of aliphatic hydroxyl groups is 1. The molecule has 0 atom stereocenters. The van der Waals surface area contributed by atoms with Crippen molar-refractivity contribution in [2.24, 2.45) is 0 Å². The van der Waals surface area contributed by atoms with Crippen molar-refractivity contribution in [2.75, 3.05) is 11.9 Å². The highest BCUT2D eigenvalue weighted by molar-refractivity contribution is 7.16. The Balaban J connectivity index is 2.15. The van der Waals surface area contributed by atoms with E-state index in [-0.39, 0.29) is 12.2 Å². The molecule has 0 unspecified atom stereocenters. The molecule has 0 saturated heterocycles. The van der Waals surface area contributed by atoms with Crippen LogP contribution in [0.2, 0.25) is 0 Å². The van der Waals surface area contributed by atoms with E-state index in [2.05, 4.69) is 27.1 Å². The second-order valence-electron chi connectivity index (χ2n) is 3.56. The van der Waals surface area contributed by atoms with Crippen molar-refractivity contribution in [1.82, 2.24) is 9.97 Å². The number of nitrogens with zero attached hydrogens (tertiary/aromatic N) is 1. The number of aromatic nitrogens is 2. The fourth-order valence-electron chi connectivity index (χ4n) is 1.35. The van der Waals surface area contributed by atoms with E-state index in [1.165, 1.54) is 6.20 Å². The van der Waals surface area contributed by atoms with Crippen LogP contribution in [0.25, 0.3) is 0 Å². The van der Waals surface area contributed by atoms with Crippen LogP contribution in [0.4, 0.5) is 5.13 Å². The van der Waals surface area contributed by atoms with Gasteiger partial charge in [0.05, 0.1) is 16.6 Å². The molecule has 0 aromatic carbocycles. The number of rotatable bonds is 2. The Bertz CT molecular complexity index is 754. The normalized spacial score (nSPS) is 9.65. The number of hydrogen-bond donors (Lipinski definition) is 4. The van der Waals surface area contributed by atoms with Crippen LogP contribution < -0.4 is 10.9 Å². The topological polar surface area (TPSA) is 115 Å². The summed E-state index contributed by atoms with van der Waals surface area (Å²) in [5.74, 6) is 4.16. The molecule has 4 N–H and O–H groups in total. The van der Waals surface area contributed by atoms with Crippen molar-refractivity contribution in [3.63, 3.8) is 0 Å². The summed E-state index contributed by atoms with van der Waals surface area (Å²) < 4.78 is 0. The van der Waals surface area contributed by atoms with Gasteiger partial charge in [0.2, 0.25) is 0 Å². The van der Waals surface area contributed by atoms with Gasteiger partial charge in [-0.1, -0.05) is 23.2 Å². The molecule has 102 valence electrons. The average molecular weight is 291 g/mol. The van der Waals surface area contributed by atoms with E-state index in [4.69, 9.17) is 5.11 Å². The van der Waals surface area contributed by atoms with E-state index in [0.717, 1.165) is 23.5 Å². The van der Waals surface area contributed by atoms with Crippen molar-refractivity contribution in [1.29, 1.82) is 0 Å². The van der Waals surface area contributed by atoms with Crippen LogP contribution in [-0.4, -0.2) is 32.7 Å². The number of amides is 1. The maximum Gasteiger partial charge on any atom is 0.257 e. The Kier molecular flexibility index (Phi) is 4.14. The molecule has 2 rings (SSSR count). The average Bonchev–Trinajstić information content (AvgIpc) is 2.82. The molecule has 2 aromatic rings. The molecule has 2 heterocycles. The summed E-state index contributed by atoms with van der Waals surface area (Å²) in [5, 5.41) is 20.6. The largest absolute Gasteiger partial charge is 0.494 e. The third kappa shape index (κ3) is 3.44. The first-order valence-corrected chi connectivity index (χ1v) is 6.20. The van der Waals surface area contributed by atoms with Crippen molar-refractivity contribution >= 4 is 22.4 Å². The minimum Gasteiger partial charge on any atom is -0.494 e. The Morgan fingerprint density at radius 2 is 2.30 bits per heavy atom. The summed E-state index contributed by atoms with van der Waals surface area (Å²) in [6, 6.07) is 2.20. The minimum absolute atomic E-state index is 0.0180. The molecular formula is C12H9N3O4S. The van der Waals surface area contributed by atoms with Gasteiger partial charge in [0.1, 0.15) is 6.61 Å². The van der Waals surface area contributed by atoms with Crippen molar-refractivity contribution in [3.8, 4) is 17.7 Å². The lowest BCUT2D eigenvalue weighted by Crippen LogP contribution is -2.15. The van der Waals surface area contributed by atoms with Gasteiger partial charge in [0.15, 0.2) is 11.0 Å². The van der Waals surface area contributed by atoms with Gasteiger partial charge in [-0.2, -0.15) is 0 Å². The van der Waals surface area contributed by atoms with Gasteiger partial charge in [-0.05, 0) is 0 Å². The zero-order valence-corrected chi connectivity index (χ0v) is 10.8. The lowest BCUT2D eigenvalue weighted by molar-refractivity contribution is 0.102. The first-order valence-electron chi connectivity index (χ1n) is 5.39. The molecule has 0 saturated carbocycles. The lowest BCUT2D eigenvalue weighted by atomic mass is 10.2. The van der Waals surface area contributed by atoms with Gasteiger partial charge in [-0.3, -0.25) is 19.9 Å². The number of anilines is 1. The predicted molar refractivity (Wildman–Crippen MR) is 72.8 cm³/mol. The van der Waals surface area contributed by atoms with Crippen molar-refractivity contribution in [3.05, 3.63) is 39.1 Å². The van der Waals surface area contributed by atoms with Crippen LogP contribution in [-0.2, 0) is 0 Å². The molecule has 0 radical (unpaired) electrons. The molecule has 20 heavy (non-hydrogen) atoms. The summed E-state index contributed by atoms with van der Waals surface area (Å²) >= 11 is 1.13. The van der Waals surface area contributed by atoms with Crippen LogP contribution in [0.3, 0.4) is 0 Å². The predicted octanol–water partition coefficient (Wildman–Crippen LogP) is 0.133. The monoisotopic (exact) mass is 291 g/mol. The van der Waals surface area contributed by atoms with Crippen LogP contribution in [0.15, 0.2) is 23.1 Å². The zero-order chi connectivity index (χ0) is 14.5. The standard InChI is InChI=1S/C12H9N3O4S/c16-3-1-2-8-6-13-12(20-8)15-11(19)7-4-9(17)14-10(18)5-7/h4-6,16H,3H2,(H,13,15,19)(H2,14,17,18). The van der Waals surface area contributed by atoms with Gasteiger partial charge in [-0.25, -0.2) is 4.98 Å². The van der Waals surface area contributed by atoms with Gasteiger partial charge < -0.3 is 10.2 Å². The number of thiazole rings is 1. The highest BCUT2D eigenvalue weighted by Crippen LogP contribution is 2.18. The van der Waals surface area contributed by atoms with Crippen LogP contribution >= 0.6 is 11.3 Å². The van der Waals surface area contributed by atoms with Gasteiger partial charge in [0, 0.05) is 12.1 Å². The Hall–Kier alpha value is -2.63. The number of aromatic amines is 1. The molecule has 2 aromatic heterocycles. The second-order valence-corrected chi connectivity index (χ2v) is 4.59. The van der Waals surface area contributed by atoms with E-state index in [1.54, 1.807) is 0 Å². The molecule has 0 aliphatic heterocycles. The van der Waals surface area contributed by atoms with Gasteiger partial charge in [-0.15, -0.1) is 0 Å². The van der Waals surface area contributed by atoms with E-state index in [0.29, 0.717) is 10.0 Å². The second kappa shape index (κ2) is 6.01. The number of carbonyl (C=O) groups is 1. The smallest absolute Gasteiger partial charge is 0.257 e. The number of aliphatic hydroxyl groups excluding tert-OH is 1. The minimum atomic E-state index is -0.580. The first-order chi connectivity index (χ1) is 9.58. The van der Waals surface area contributed by atoms with Crippen molar-refractivity contribution in [2.45, 2.75) is 0 Å². The van der Waals surface area contributed by atoms with E-state index >= 15 is 0 Å². The SMILES string of the molecule is O=C(Nc1ncc(C#CCO)s1)c1cc(O)[nH]c(=O)c1. The first kappa shape index (κ1) is 13.8. The van der Waals surface area contributed by atoms with E-state index < -0.39 is 17.3 Å². The Morgan fingerprint density at radius 3 is 3.00 bits per heavy atom. The fourth-order valence-corrected chi connectivity index (χ4v) is 2.03. The highest BCUT2D eigenvalue weighted by Gasteiger charge is 2.10. The molecule has 7 nitrogen and oxygen atoms in total. The summed E-state index contributed by atoms with van der Waals surface area (Å²) in [4.78, 5) is 29.6. The molecule has 0 fully saturated rings. The number of carbonyl (C=O) groups excluding carboxylic acids is 1. The summed E-state index contributed by atoms with van der Waals surface area (Å²) in [6.45, 7) is -0.258. The molecular weight excluding hydrogens is 282 g/mol. The third-order valence-corrected chi connectivity index (χ3v) is 2.94. The van der Waals surface area contributed by atoms with Crippen LogP contribution in [0.1, 0.15) is 15.2 Å². The zero-order valence-electron chi connectivity index (χ0n) is 10.0. The maximum absolute atomic E-state index is 11.9. The number of H-pyrrole nitrogens is 1. The molecule has 8 heteroatoms. The molecule has 0 aliphatic rings. The van der Waals surface area contributed by atoms with Gasteiger partial charge in [0.25, 0.3) is 11.5 Å².